The second-order valence-corrected chi connectivity index (χ2v) is 9.01. The number of amides is 2. The molecule has 1 fully saturated rings. The Balaban J connectivity index is 2.01. The summed E-state index contributed by atoms with van der Waals surface area (Å²) >= 11 is 0. The van der Waals surface area contributed by atoms with E-state index in [4.69, 9.17) is 4.74 Å². The van der Waals surface area contributed by atoms with E-state index in [1.54, 1.807) is 19.1 Å². The minimum Gasteiger partial charge on any atom is -0.454 e. The molecule has 7 heteroatoms. The van der Waals surface area contributed by atoms with Crippen LogP contribution in [0.25, 0.3) is 0 Å². The first-order valence-electron chi connectivity index (χ1n) is 11.6. The Morgan fingerprint density at radius 2 is 1.85 bits per heavy atom. The fourth-order valence-electron chi connectivity index (χ4n) is 4.16. The Morgan fingerprint density at radius 1 is 1.18 bits per heavy atom. The number of aliphatic hydroxyl groups is 1. The number of carbonyl (C=O) groups excluding carboxylic acids is 4. The predicted molar refractivity (Wildman–Crippen MR) is 125 cm³/mol. The van der Waals surface area contributed by atoms with Crippen molar-refractivity contribution in [1.29, 1.82) is 0 Å². The molecule has 4 unspecified atom stereocenters. The van der Waals surface area contributed by atoms with E-state index in [9.17, 15) is 24.3 Å². The van der Waals surface area contributed by atoms with Crippen LogP contribution in [0.15, 0.2) is 48.1 Å². The molecule has 2 heterocycles. The van der Waals surface area contributed by atoms with Crippen molar-refractivity contribution in [1.82, 2.24) is 5.32 Å². The lowest BCUT2D eigenvalue weighted by Crippen LogP contribution is -2.39. The summed E-state index contributed by atoms with van der Waals surface area (Å²) in [6.07, 6.45) is 13.6. The van der Waals surface area contributed by atoms with Crippen molar-refractivity contribution < 1.29 is 29.0 Å². The van der Waals surface area contributed by atoms with Crippen LogP contribution in [0.5, 0.6) is 0 Å². The Bertz CT molecular complexity index is 837. The van der Waals surface area contributed by atoms with Gasteiger partial charge in [0.25, 0.3) is 0 Å². The highest BCUT2D eigenvalue weighted by Crippen LogP contribution is 2.24. The number of aliphatic hydroxyl groups excluding tert-OH is 1. The first-order chi connectivity index (χ1) is 15.7. The second-order valence-electron chi connectivity index (χ2n) is 9.01. The van der Waals surface area contributed by atoms with E-state index in [-0.39, 0.29) is 55.1 Å². The SMILES string of the molecule is [13CH3]/C(=C\C([13CH3])C(=O)CC(O)CC1CC(=O)NC(=O)C1)C1OC(=O)/C=C/CC/C=C/C=C\C1[13CH3]. The molecule has 0 bridgehead atoms. The number of allylic oxidation sites excluding steroid dienone is 5. The third kappa shape index (κ3) is 9.30. The van der Waals surface area contributed by atoms with Gasteiger partial charge in [-0.2, -0.15) is 0 Å². The number of carbonyl (C=O) groups is 4. The number of hydrogen-bond donors (Lipinski definition) is 2. The molecule has 2 aliphatic rings. The van der Waals surface area contributed by atoms with Crippen molar-refractivity contribution in [2.75, 3.05) is 0 Å². The molecule has 1 saturated heterocycles. The number of rotatable bonds is 7. The Hall–Kier alpha value is -2.80. The summed E-state index contributed by atoms with van der Waals surface area (Å²) < 4.78 is 5.68. The zero-order valence-corrected chi connectivity index (χ0v) is 19.7. The van der Waals surface area contributed by atoms with Crippen LogP contribution >= 0.6 is 0 Å². The summed E-state index contributed by atoms with van der Waals surface area (Å²) in [6.45, 7) is 5.53. The molecular formula is C26H35NO6. The quantitative estimate of drug-likeness (QED) is 0.261. The van der Waals surface area contributed by atoms with Crippen molar-refractivity contribution in [2.24, 2.45) is 17.8 Å². The van der Waals surface area contributed by atoms with Crippen molar-refractivity contribution >= 4 is 23.6 Å². The van der Waals surface area contributed by atoms with Gasteiger partial charge in [0.1, 0.15) is 11.9 Å². The molecule has 7 nitrogen and oxygen atoms in total. The lowest BCUT2D eigenvalue weighted by atomic mass is 9.89. The molecule has 2 aliphatic heterocycles. The number of hydrogen-bond acceptors (Lipinski definition) is 6. The monoisotopic (exact) mass is 460 g/mol. The average molecular weight is 461 g/mol. The van der Waals surface area contributed by atoms with Crippen molar-refractivity contribution in [3.63, 3.8) is 0 Å². The molecule has 0 aliphatic carbocycles. The number of nitrogens with one attached hydrogen (secondary N) is 1. The average Bonchev–Trinajstić information content (AvgIpc) is 2.71. The van der Waals surface area contributed by atoms with Gasteiger partial charge >= 0.3 is 5.97 Å². The Labute approximate surface area is 195 Å². The summed E-state index contributed by atoms with van der Waals surface area (Å²) in [4.78, 5) is 47.9. The zero-order valence-electron chi connectivity index (χ0n) is 19.7. The van der Waals surface area contributed by atoms with E-state index in [1.807, 2.05) is 38.2 Å². The lowest BCUT2D eigenvalue weighted by Gasteiger charge is -2.24. The predicted octanol–water partition coefficient (Wildman–Crippen LogP) is 3.34. The Kier molecular flexibility index (Phi) is 10.5. The number of ether oxygens (including phenoxy) is 1. The maximum absolute atomic E-state index is 12.7. The third-order valence-corrected chi connectivity index (χ3v) is 5.88. The summed E-state index contributed by atoms with van der Waals surface area (Å²) in [5, 5.41) is 12.6. The standard InChI is InChI=1S/C26H35NO6/c1-17-10-8-6-4-5-7-9-11-25(32)33-26(17)19(3)12-18(2)22(29)16-21(28)13-20-14-23(30)27-24(31)15-20/h4,6,8-12,17-18,20-21,26,28H,5,7,13-16H2,1-3H3,(H,27,30,31)/b6-4+,10-8-,11-9+,19-12+/i1+1,2+1,3+1. The van der Waals surface area contributed by atoms with Gasteiger partial charge in [-0.1, -0.05) is 50.3 Å². The molecule has 33 heavy (non-hydrogen) atoms. The molecule has 2 amide bonds. The van der Waals surface area contributed by atoms with Gasteiger partial charge in [0.05, 0.1) is 6.10 Å². The number of Topliss-reactive ketones (excluding diaryl/α,β-unsaturated/α-hetero) is 1. The molecule has 0 spiro atoms. The summed E-state index contributed by atoms with van der Waals surface area (Å²) in [7, 11) is 0. The normalized spacial score (nSPS) is 27.9. The topological polar surface area (TPSA) is 110 Å². The van der Waals surface area contributed by atoms with Crippen LogP contribution in [0.4, 0.5) is 0 Å². The third-order valence-electron chi connectivity index (χ3n) is 5.88. The highest BCUT2D eigenvalue weighted by molar-refractivity contribution is 5.97. The minimum atomic E-state index is -0.921. The summed E-state index contributed by atoms with van der Waals surface area (Å²) in [5.74, 6) is -2.10. The van der Waals surface area contributed by atoms with Crippen LogP contribution in [0.3, 0.4) is 0 Å². The first-order valence-corrected chi connectivity index (χ1v) is 11.6. The number of ketones is 1. The van der Waals surface area contributed by atoms with Crippen LogP contribution in [-0.4, -0.2) is 40.9 Å². The minimum absolute atomic E-state index is 0.0648. The molecule has 0 aromatic carbocycles. The summed E-state index contributed by atoms with van der Waals surface area (Å²) in [5.41, 5.74) is 0.764. The molecule has 2 rings (SSSR count). The molecule has 2 N–H and O–H groups in total. The molecule has 0 radical (unpaired) electrons. The maximum atomic E-state index is 12.7. The highest BCUT2D eigenvalue weighted by atomic mass is 16.5. The van der Waals surface area contributed by atoms with E-state index in [2.05, 4.69) is 5.32 Å². The van der Waals surface area contributed by atoms with Crippen LogP contribution < -0.4 is 5.32 Å². The van der Waals surface area contributed by atoms with Gasteiger partial charge in [-0.25, -0.2) is 4.79 Å². The molecule has 0 saturated carbocycles. The largest absolute Gasteiger partial charge is 0.454 e. The van der Waals surface area contributed by atoms with Gasteiger partial charge < -0.3 is 9.84 Å². The first kappa shape index (κ1) is 26.5. The molecular weight excluding hydrogens is 425 g/mol. The molecule has 0 aromatic heterocycles. The van der Waals surface area contributed by atoms with Crippen LogP contribution in [0.2, 0.25) is 0 Å². The number of cyclic esters (lactones) is 1. The van der Waals surface area contributed by atoms with Crippen molar-refractivity contribution in [2.45, 2.75) is 71.5 Å². The van der Waals surface area contributed by atoms with Crippen LogP contribution in [0, 0.1) is 17.8 Å². The molecule has 0 aromatic rings. The maximum Gasteiger partial charge on any atom is 0.331 e. The summed E-state index contributed by atoms with van der Waals surface area (Å²) in [6, 6.07) is 0. The molecule has 180 valence electrons. The van der Waals surface area contributed by atoms with Crippen molar-refractivity contribution in [3.05, 3.63) is 48.1 Å². The van der Waals surface area contributed by atoms with E-state index in [0.717, 1.165) is 18.4 Å². The highest BCUT2D eigenvalue weighted by Gasteiger charge is 2.28. The van der Waals surface area contributed by atoms with Gasteiger partial charge in [0.15, 0.2) is 0 Å². The smallest absolute Gasteiger partial charge is 0.331 e. The molecule has 4 atom stereocenters. The fraction of sp³-hybridized carbons (Fsp3) is 0.538. The zero-order chi connectivity index (χ0) is 24.4. The Morgan fingerprint density at radius 3 is 2.55 bits per heavy atom. The van der Waals surface area contributed by atoms with E-state index >= 15 is 0 Å². The number of piperidine rings is 1. The number of imide groups is 1. The van der Waals surface area contributed by atoms with E-state index in [1.165, 1.54) is 6.08 Å². The van der Waals surface area contributed by atoms with E-state index in [0.29, 0.717) is 0 Å². The number of esters is 1. The van der Waals surface area contributed by atoms with Gasteiger partial charge in [0.2, 0.25) is 11.8 Å². The lowest BCUT2D eigenvalue weighted by molar-refractivity contribution is -0.142. The van der Waals surface area contributed by atoms with Gasteiger partial charge in [-0.05, 0) is 37.7 Å². The van der Waals surface area contributed by atoms with Gasteiger partial charge in [-0.3, -0.25) is 19.7 Å². The second kappa shape index (κ2) is 13.0. The van der Waals surface area contributed by atoms with Crippen LogP contribution in [0.1, 0.15) is 59.3 Å². The van der Waals surface area contributed by atoms with Gasteiger partial charge in [-0.15, -0.1) is 0 Å². The van der Waals surface area contributed by atoms with Crippen LogP contribution in [-0.2, 0) is 23.9 Å². The van der Waals surface area contributed by atoms with E-state index < -0.39 is 24.1 Å². The van der Waals surface area contributed by atoms with Crippen molar-refractivity contribution in [3.8, 4) is 0 Å². The fourth-order valence-corrected chi connectivity index (χ4v) is 4.16. The van der Waals surface area contributed by atoms with Gasteiger partial charge in [0, 0.05) is 37.2 Å².